The van der Waals surface area contributed by atoms with Crippen LogP contribution in [0.3, 0.4) is 0 Å². The zero-order valence-electron chi connectivity index (χ0n) is 5.72. The van der Waals surface area contributed by atoms with Gasteiger partial charge in [0.05, 0.1) is 0 Å². The summed E-state index contributed by atoms with van der Waals surface area (Å²) in [7, 11) is 2.18. The van der Waals surface area contributed by atoms with Crippen LogP contribution in [-0.4, -0.2) is 37.6 Å². The molecule has 0 aromatic heterocycles. The van der Waals surface area contributed by atoms with E-state index in [2.05, 4.69) is 23.3 Å². The molecule has 9 heavy (non-hydrogen) atoms. The van der Waals surface area contributed by atoms with Gasteiger partial charge >= 0.3 is 0 Å². The predicted octanol–water partition coefficient (Wildman–Crippen LogP) is -0.170. The number of fused-ring (bicyclic) bond motifs is 1. The van der Waals surface area contributed by atoms with E-state index in [4.69, 9.17) is 0 Å². The lowest BCUT2D eigenvalue weighted by atomic mass is 10.2. The minimum atomic E-state index is 0.727. The van der Waals surface area contributed by atoms with Gasteiger partial charge in [-0.15, -0.1) is 0 Å². The van der Waals surface area contributed by atoms with Crippen LogP contribution in [0.5, 0.6) is 0 Å². The fourth-order valence-corrected chi connectivity index (χ4v) is 1.64. The molecule has 1 N–H and O–H groups in total. The second kappa shape index (κ2) is 1.82. The zero-order chi connectivity index (χ0) is 6.27. The van der Waals surface area contributed by atoms with E-state index in [1.54, 1.807) is 5.57 Å². The van der Waals surface area contributed by atoms with Gasteiger partial charge in [-0.05, 0) is 12.6 Å². The van der Waals surface area contributed by atoms with Crippen LogP contribution in [0.4, 0.5) is 0 Å². The first kappa shape index (κ1) is 5.45. The van der Waals surface area contributed by atoms with Gasteiger partial charge in [-0.1, -0.05) is 6.08 Å². The number of hydrogen-bond donors (Lipinski definition) is 1. The number of rotatable bonds is 0. The first-order valence-corrected chi connectivity index (χ1v) is 3.48. The van der Waals surface area contributed by atoms with Crippen LogP contribution >= 0.6 is 0 Å². The van der Waals surface area contributed by atoms with E-state index in [-0.39, 0.29) is 0 Å². The Morgan fingerprint density at radius 2 is 2.67 bits per heavy atom. The third-order valence-electron chi connectivity index (χ3n) is 2.27. The van der Waals surface area contributed by atoms with Gasteiger partial charge in [-0.25, -0.2) is 0 Å². The van der Waals surface area contributed by atoms with Crippen molar-refractivity contribution in [3.05, 3.63) is 11.6 Å². The van der Waals surface area contributed by atoms with Crippen molar-refractivity contribution in [3.63, 3.8) is 0 Å². The average molecular weight is 124 g/mol. The van der Waals surface area contributed by atoms with Crippen LogP contribution in [0.2, 0.25) is 0 Å². The van der Waals surface area contributed by atoms with E-state index in [1.807, 2.05) is 0 Å². The van der Waals surface area contributed by atoms with Gasteiger partial charge in [-0.2, -0.15) is 0 Å². The number of hydrogen-bond acceptors (Lipinski definition) is 2. The molecule has 0 aromatic carbocycles. The second-order valence-electron chi connectivity index (χ2n) is 2.87. The molecule has 1 atom stereocenters. The summed E-state index contributed by atoms with van der Waals surface area (Å²) in [5.74, 6) is 0. The SMILES string of the molecule is CN1CC=C2CNC[C@H]21. The summed E-state index contributed by atoms with van der Waals surface area (Å²) < 4.78 is 0. The molecule has 0 bridgehead atoms. The van der Waals surface area contributed by atoms with E-state index >= 15 is 0 Å². The van der Waals surface area contributed by atoms with Crippen LogP contribution < -0.4 is 5.32 Å². The molecular formula is C7H12N2. The lowest BCUT2D eigenvalue weighted by Crippen LogP contribution is -2.30. The largest absolute Gasteiger partial charge is 0.311 e. The Labute approximate surface area is 55.5 Å². The molecular weight excluding hydrogens is 112 g/mol. The van der Waals surface area contributed by atoms with Crippen molar-refractivity contribution in [2.75, 3.05) is 26.7 Å². The summed E-state index contributed by atoms with van der Waals surface area (Å²) >= 11 is 0. The quantitative estimate of drug-likeness (QED) is 0.451. The molecule has 0 spiro atoms. The van der Waals surface area contributed by atoms with Crippen molar-refractivity contribution in [1.29, 1.82) is 0 Å². The molecule has 2 heterocycles. The molecule has 0 aromatic rings. The summed E-state index contributed by atoms with van der Waals surface area (Å²) in [6.07, 6.45) is 2.34. The Bertz CT molecular complexity index is 151. The van der Waals surface area contributed by atoms with Crippen molar-refractivity contribution in [2.45, 2.75) is 6.04 Å². The average Bonchev–Trinajstić information content (AvgIpc) is 2.35. The first-order valence-electron chi connectivity index (χ1n) is 3.48. The Kier molecular flexibility index (Phi) is 1.10. The van der Waals surface area contributed by atoms with E-state index in [1.165, 1.54) is 0 Å². The monoisotopic (exact) mass is 124 g/mol. The standard InChI is InChI=1S/C7H12N2/c1-9-3-2-6-4-8-5-7(6)9/h2,7-8H,3-5H2,1H3/t7-/m1/s1. The number of likely N-dealkylation sites (N-methyl/N-ethyl adjacent to an activating group) is 1. The third-order valence-corrected chi connectivity index (χ3v) is 2.27. The highest BCUT2D eigenvalue weighted by molar-refractivity contribution is 5.23. The van der Waals surface area contributed by atoms with Gasteiger partial charge in [-0.3, -0.25) is 4.90 Å². The second-order valence-corrected chi connectivity index (χ2v) is 2.87. The fraction of sp³-hybridized carbons (Fsp3) is 0.714. The van der Waals surface area contributed by atoms with Crippen molar-refractivity contribution in [2.24, 2.45) is 0 Å². The molecule has 2 aliphatic heterocycles. The smallest absolute Gasteiger partial charge is 0.0445 e. The van der Waals surface area contributed by atoms with Gasteiger partial charge < -0.3 is 5.32 Å². The van der Waals surface area contributed by atoms with Crippen molar-refractivity contribution in [3.8, 4) is 0 Å². The van der Waals surface area contributed by atoms with Gasteiger partial charge in [0.1, 0.15) is 0 Å². The number of nitrogens with one attached hydrogen (secondary N) is 1. The zero-order valence-corrected chi connectivity index (χ0v) is 5.72. The molecule has 1 fully saturated rings. The highest BCUT2D eigenvalue weighted by Gasteiger charge is 2.27. The van der Waals surface area contributed by atoms with Crippen LogP contribution in [0.1, 0.15) is 0 Å². The van der Waals surface area contributed by atoms with Gasteiger partial charge in [0.15, 0.2) is 0 Å². The molecule has 2 nitrogen and oxygen atoms in total. The normalized spacial score (nSPS) is 34.8. The van der Waals surface area contributed by atoms with Crippen LogP contribution in [0.25, 0.3) is 0 Å². The molecule has 0 aliphatic carbocycles. The fourth-order valence-electron chi connectivity index (χ4n) is 1.64. The third kappa shape index (κ3) is 0.705. The van der Waals surface area contributed by atoms with E-state index in [0.29, 0.717) is 0 Å². The Morgan fingerprint density at radius 3 is 3.44 bits per heavy atom. The molecule has 2 rings (SSSR count). The molecule has 0 saturated carbocycles. The lowest BCUT2D eigenvalue weighted by molar-refractivity contribution is 0.337. The van der Waals surface area contributed by atoms with Gasteiger partial charge in [0.25, 0.3) is 0 Å². The highest BCUT2D eigenvalue weighted by atomic mass is 15.2. The molecule has 0 amide bonds. The molecule has 1 saturated heterocycles. The summed E-state index contributed by atoms with van der Waals surface area (Å²) in [4.78, 5) is 2.38. The molecule has 0 unspecified atom stereocenters. The van der Waals surface area contributed by atoms with E-state index in [9.17, 15) is 0 Å². The highest BCUT2D eigenvalue weighted by Crippen LogP contribution is 2.18. The Balaban J connectivity index is 2.19. The van der Waals surface area contributed by atoms with Crippen LogP contribution in [0.15, 0.2) is 11.6 Å². The Morgan fingerprint density at radius 1 is 1.78 bits per heavy atom. The Hall–Kier alpha value is -0.340. The van der Waals surface area contributed by atoms with Crippen molar-refractivity contribution >= 4 is 0 Å². The van der Waals surface area contributed by atoms with E-state index < -0.39 is 0 Å². The predicted molar refractivity (Wildman–Crippen MR) is 37.4 cm³/mol. The number of nitrogens with zero attached hydrogens (tertiary/aromatic N) is 1. The lowest BCUT2D eigenvalue weighted by Gasteiger charge is -2.15. The molecule has 50 valence electrons. The summed E-state index contributed by atoms with van der Waals surface area (Å²) in [5.41, 5.74) is 1.59. The topological polar surface area (TPSA) is 15.3 Å². The molecule has 0 radical (unpaired) electrons. The molecule has 2 aliphatic rings. The van der Waals surface area contributed by atoms with Crippen molar-refractivity contribution < 1.29 is 0 Å². The summed E-state index contributed by atoms with van der Waals surface area (Å²) in [6, 6.07) is 0.727. The minimum absolute atomic E-state index is 0.727. The maximum Gasteiger partial charge on any atom is 0.0445 e. The summed E-state index contributed by atoms with van der Waals surface area (Å²) in [5, 5.41) is 3.34. The van der Waals surface area contributed by atoms with Crippen LogP contribution in [0, 0.1) is 0 Å². The molecule has 2 heteroatoms. The van der Waals surface area contributed by atoms with E-state index in [0.717, 1.165) is 25.7 Å². The maximum atomic E-state index is 3.34. The van der Waals surface area contributed by atoms with Gasteiger partial charge in [0.2, 0.25) is 0 Å². The first-order chi connectivity index (χ1) is 4.38. The minimum Gasteiger partial charge on any atom is -0.311 e. The van der Waals surface area contributed by atoms with Crippen molar-refractivity contribution in [1.82, 2.24) is 10.2 Å². The van der Waals surface area contributed by atoms with Crippen LogP contribution in [-0.2, 0) is 0 Å². The maximum absolute atomic E-state index is 3.34. The summed E-state index contributed by atoms with van der Waals surface area (Å²) in [6.45, 7) is 3.43. The van der Waals surface area contributed by atoms with Gasteiger partial charge in [0, 0.05) is 25.7 Å².